The maximum Gasteiger partial charge on any atom is 0.186 e. The van der Waals surface area contributed by atoms with Gasteiger partial charge in [0.2, 0.25) is 0 Å². The Morgan fingerprint density at radius 1 is 1.00 bits per heavy atom. The van der Waals surface area contributed by atoms with Gasteiger partial charge in [0.15, 0.2) is 11.9 Å². The van der Waals surface area contributed by atoms with Crippen molar-refractivity contribution in [1.82, 2.24) is 0 Å². The van der Waals surface area contributed by atoms with Crippen molar-refractivity contribution in [2.45, 2.75) is 32.6 Å². The van der Waals surface area contributed by atoms with E-state index in [2.05, 4.69) is 68.9 Å². The summed E-state index contributed by atoms with van der Waals surface area (Å²) in [5, 5.41) is 0. The molecule has 0 fully saturated rings. The van der Waals surface area contributed by atoms with Gasteiger partial charge in [-0.3, -0.25) is 0 Å². The van der Waals surface area contributed by atoms with Gasteiger partial charge in [0.25, 0.3) is 0 Å². The van der Waals surface area contributed by atoms with Gasteiger partial charge in [-0.15, -0.1) is 0 Å². The lowest BCUT2D eigenvalue weighted by molar-refractivity contribution is -0.682. The third-order valence-electron chi connectivity index (χ3n) is 3.82. The van der Waals surface area contributed by atoms with Gasteiger partial charge in [0.1, 0.15) is 7.05 Å². The van der Waals surface area contributed by atoms with Gasteiger partial charge >= 0.3 is 0 Å². The van der Waals surface area contributed by atoms with Crippen molar-refractivity contribution in [3.63, 3.8) is 0 Å². The molecule has 1 heterocycles. The smallest absolute Gasteiger partial charge is 0.186 e. The summed E-state index contributed by atoms with van der Waals surface area (Å²) in [6.07, 6.45) is 3.37. The molecule has 1 aromatic carbocycles. The van der Waals surface area contributed by atoms with Crippen molar-refractivity contribution in [2.24, 2.45) is 7.05 Å². The third kappa shape index (κ3) is 1.66. The fourth-order valence-corrected chi connectivity index (χ4v) is 2.97. The van der Waals surface area contributed by atoms with E-state index in [1.165, 1.54) is 27.9 Å². The zero-order valence-corrected chi connectivity index (χ0v) is 11.6. The highest BCUT2D eigenvalue weighted by Crippen LogP contribution is 2.36. The van der Waals surface area contributed by atoms with Gasteiger partial charge in [-0.1, -0.05) is 45.0 Å². The van der Waals surface area contributed by atoms with E-state index >= 15 is 0 Å². The Labute approximate surface area is 109 Å². The summed E-state index contributed by atoms with van der Waals surface area (Å²) < 4.78 is 2.28. The second kappa shape index (κ2) is 3.68. The largest absolute Gasteiger partial charge is 0.204 e. The number of benzene rings is 1. The second-order valence-corrected chi connectivity index (χ2v) is 6.29. The lowest BCUT2D eigenvalue weighted by Crippen LogP contribution is -2.39. The number of nitrogens with zero attached hydrogens (tertiary/aromatic N) is 1. The molecule has 0 bridgehead atoms. The van der Waals surface area contributed by atoms with E-state index in [0.29, 0.717) is 0 Å². The first-order valence-electron chi connectivity index (χ1n) is 6.58. The topological polar surface area (TPSA) is 3.88 Å². The summed E-state index contributed by atoms with van der Waals surface area (Å²) in [4.78, 5) is 0. The molecule has 0 radical (unpaired) electrons. The van der Waals surface area contributed by atoms with Crippen LogP contribution in [0.1, 0.15) is 37.6 Å². The van der Waals surface area contributed by atoms with E-state index in [0.717, 1.165) is 6.42 Å². The standard InChI is InChI=1S/C17H20N/c1-17(2,3)16-10-13-9-12-7-5-6-8-14(12)15(13)11-18(16)4/h5-8,10-11H,9H2,1-4H3/q+1. The second-order valence-electron chi connectivity index (χ2n) is 6.29. The maximum atomic E-state index is 2.38. The summed E-state index contributed by atoms with van der Waals surface area (Å²) in [5.74, 6) is 0. The predicted molar refractivity (Wildman–Crippen MR) is 74.6 cm³/mol. The molecule has 1 aliphatic rings. The molecule has 0 saturated carbocycles. The first-order valence-corrected chi connectivity index (χ1v) is 6.58. The molecule has 0 N–H and O–H groups in total. The van der Waals surface area contributed by atoms with Gasteiger partial charge in [0.05, 0.1) is 0 Å². The Hall–Kier alpha value is -1.63. The van der Waals surface area contributed by atoms with Crippen LogP contribution in [0.15, 0.2) is 36.5 Å². The van der Waals surface area contributed by atoms with Gasteiger partial charge in [-0.2, -0.15) is 0 Å². The number of hydrogen-bond donors (Lipinski definition) is 0. The molecule has 3 rings (SSSR count). The first kappa shape index (κ1) is 11.5. The molecule has 0 aliphatic heterocycles. The average molecular weight is 238 g/mol. The van der Waals surface area contributed by atoms with E-state index in [-0.39, 0.29) is 5.41 Å². The summed E-state index contributed by atoms with van der Waals surface area (Å²) in [6, 6.07) is 11.1. The molecule has 0 spiro atoms. The van der Waals surface area contributed by atoms with Crippen molar-refractivity contribution in [3.05, 3.63) is 53.3 Å². The van der Waals surface area contributed by atoms with E-state index < -0.39 is 0 Å². The molecule has 18 heavy (non-hydrogen) atoms. The van der Waals surface area contributed by atoms with Crippen LogP contribution in [-0.2, 0) is 18.9 Å². The Bertz CT molecular complexity index is 618. The van der Waals surface area contributed by atoms with E-state index in [1.807, 2.05) is 0 Å². The summed E-state index contributed by atoms with van der Waals surface area (Å²) in [6.45, 7) is 6.82. The SMILES string of the molecule is C[n+]1cc2c(cc1C(C)(C)C)Cc1ccccc1-2. The van der Waals surface area contributed by atoms with Crippen LogP contribution in [0.25, 0.3) is 11.1 Å². The first-order chi connectivity index (χ1) is 8.47. The lowest BCUT2D eigenvalue weighted by atomic mass is 9.89. The highest BCUT2D eigenvalue weighted by Gasteiger charge is 2.28. The van der Waals surface area contributed by atoms with Crippen LogP contribution >= 0.6 is 0 Å². The molecule has 0 unspecified atom stereocenters. The minimum absolute atomic E-state index is 0.193. The molecular formula is C17H20N+. The van der Waals surface area contributed by atoms with Crippen molar-refractivity contribution < 1.29 is 4.57 Å². The number of aryl methyl sites for hydroxylation is 1. The third-order valence-corrected chi connectivity index (χ3v) is 3.82. The van der Waals surface area contributed by atoms with Crippen LogP contribution in [0.3, 0.4) is 0 Å². The Morgan fingerprint density at radius 2 is 1.72 bits per heavy atom. The minimum atomic E-state index is 0.193. The van der Waals surface area contributed by atoms with Crippen LogP contribution in [-0.4, -0.2) is 0 Å². The minimum Gasteiger partial charge on any atom is -0.204 e. The molecule has 1 aromatic heterocycles. The Balaban J connectivity index is 2.20. The van der Waals surface area contributed by atoms with Crippen molar-refractivity contribution in [1.29, 1.82) is 0 Å². The lowest BCUT2D eigenvalue weighted by Gasteiger charge is -2.16. The molecule has 1 nitrogen and oxygen atoms in total. The number of hydrogen-bond acceptors (Lipinski definition) is 0. The summed E-state index contributed by atoms with van der Waals surface area (Å²) >= 11 is 0. The van der Waals surface area contributed by atoms with Gasteiger partial charge in [-0.25, -0.2) is 4.57 Å². The molecular weight excluding hydrogens is 218 g/mol. The molecule has 1 heteroatoms. The van der Waals surface area contributed by atoms with E-state index in [9.17, 15) is 0 Å². The number of aromatic nitrogens is 1. The number of rotatable bonds is 0. The fraction of sp³-hybridized carbons (Fsp3) is 0.353. The zero-order valence-electron chi connectivity index (χ0n) is 11.6. The van der Waals surface area contributed by atoms with Gasteiger partial charge in [-0.05, 0) is 23.1 Å². The van der Waals surface area contributed by atoms with E-state index in [4.69, 9.17) is 0 Å². The summed E-state index contributed by atoms with van der Waals surface area (Å²) in [5.41, 5.74) is 7.33. The van der Waals surface area contributed by atoms with E-state index in [1.54, 1.807) is 0 Å². The van der Waals surface area contributed by atoms with Crippen molar-refractivity contribution in [2.75, 3.05) is 0 Å². The quantitative estimate of drug-likeness (QED) is 0.529. The van der Waals surface area contributed by atoms with Crippen LogP contribution in [0.4, 0.5) is 0 Å². The van der Waals surface area contributed by atoms with Crippen LogP contribution in [0.5, 0.6) is 0 Å². The molecule has 92 valence electrons. The van der Waals surface area contributed by atoms with Gasteiger partial charge < -0.3 is 0 Å². The fourth-order valence-electron chi connectivity index (χ4n) is 2.97. The molecule has 0 saturated heterocycles. The normalized spacial score (nSPS) is 13.3. The monoisotopic (exact) mass is 238 g/mol. The maximum absolute atomic E-state index is 2.38. The van der Waals surface area contributed by atoms with Crippen LogP contribution in [0.2, 0.25) is 0 Å². The number of pyridine rings is 1. The number of fused-ring (bicyclic) bond motifs is 3. The molecule has 2 aromatic rings. The zero-order chi connectivity index (χ0) is 12.9. The Kier molecular flexibility index (Phi) is 2.34. The van der Waals surface area contributed by atoms with Crippen LogP contribution in [0, 0.1) is 0 Å². The predicted octanol–water partition coefficient (Wildman–Crippen LogP) is 3.38. The highest BCUT2D eigenvalue weighted by atomic mass is 14.9. The highest BCUT2D eigenvalue weighted by molar-refractivity contribution is 5.75. The van der Waals surface area contributed by atoms with Crippen molar-refractivity contribution in [3.8, 4) is 11.1 Å². The van der Waals surface area contributed by atoms with Crippen LogP contribution < -0.4 is 4.57 Å². The molecule has 1 aliphatic carbocycles. The summed E-state index contributed by atoms with van der Waals surface area (Å²) in [7, 11) is 2.15. The van der Waals surface area contributed by atoms with Gasteiger partial charge in [0, 0.05) is 17.0 Å². The molecule has 0 amide bonds. The Morgan fingerprint density at radius 3 is 2.44 bits per heavy atom. The average Bonchev–Trinajstić information content (AvgIpc) is 2.65. The van der Waals surface area contributed by atoms with Crippen molar-refractivity contribution >= 4 is 0 Å². The molecule has 0 atom stereocenters.